The molecule has 0 amide bonds. The number of halogens is 6. The minimum atomic E-state index is -0.750. The van der Waals surface area contributed by atoms with Gasteiger partial charge in [0, 0.05) is 82.7 Å². The molecule has 0 unspecified atom stereocenters. The summed E-state index contributed by atoms with van der Waals surface area (Å²) in [5, 5.41) is 0. The molecular formula is C68H62Cl6O8. The van der Waals surface area contributed by atoms with E-state index >= 15 is 0 Å². The Morgan fingerprint density at radius 1 is 0.280 bits per heavy atom. The van der Waals surface area contributed by atoms with Gasteiger partial charge in [-0.2, -0.15) is 0 Å². The molecule has 0 aliphatic heterocycles. The molecule has 15 rings (SSSR count). The van der Waals surface area contributed by atoms with Crippen molar-refractivity contribution < 1.29 is 37.9 Å². The standard InChI is InChI=1S/C66H60O8.2CHCl3/c1-33-59(67-3)39-27-35-19-23-47-51-43-15-11-13-17-45(43)53(55(47)63(35)71-7)57-49(51)25-21-37(65(57)73-9)29-41-32-42(62(70-6)34(2)61(41)69-5)30-38-22-26-50-52-44-16-12-14-18-46(44)54(58(50)66(38)74-10)56-48(52)24-20-36(64(56)72-8)28-40(31-39)60(33)68-4;2*2-1(3)4/h11-26,31-32,51-54H,27-30H2,1-10H3;2*1H. The highest BCUT2D eigenvalue weighted by atomic mass is 35.6. The topological polar surface area (TPSA) is 73.8 Å². The van der Waals surface area contributed by atoms with E-state index in [4.69, 9.17) is 108 Å². The van der Waals surface area contributed by atoms with Gasteiger partial charge in [-0.25, -0.2) is 0 Å². The molecular weight excluding hydrogens is 1160 g/mol. The first-order chi connectivity index (χ1) is 39.7. The second kappa shape index (κ2) is 23.5. The first-order valence-corrected chi connectivity index (χ1v) is 29.6. The van der Waals surface area contributed by atoms with Crippen LogP contribution in [0.4, 0.5) is 0 Å². The zero-order valence-corrected chi connectivity index (χ0v) is 51.8. The number of fused-ring (bicyclic) bond motifs is 8. The Labute approximate surface area is 510 Å². The minimum Gasteiger partial charge on any atom is -0.496 e. The van der Waals surface area contributed by atoms with Crippen molar-refractivity contribution in [1.82, 2.24) is 0 Å². The summed E-state index contributed by atoms with van der Waals surface area (Å²) in [5.74, 6) is 6.45. The summed E-state index contributed by atoms with van der Waals surface area (Å²) in [4.78, 5) is 0. The normalized spacial score (nSPS) is 16.8. The van der Waals surface area contributed by atoms with Gasteiger partial charge in [0.15, 0.2) is 8.59 Å². The molecule has 7 aliphatic rings. The molecule has 7 aliphatic carbocycles. The lowest BCUT2D eigenvalue weighted by Crippen LogP contribution is -2.29. The number of rotatable bonds is 8. The van der Waals surface area contributed by atoms with Gasteiger partial charge in [0.1, 0.15) is 46.0 Å². The molecule has 8 aromatic carbocycles. The molecule has 0 aromatic heterocycles. The Hall–Kier alpha value is -6.10. The number of methoxy groups -OCH3 is 8. The van der Waals surface area contributed by atoms with Crippen LogP contribution in [0.25, 0.3) is 0 Å². The van der Waals surface area contributed by atoms with E-state index in [0.717, 1.165) is 102 Å². The van der Waals surface area contributed by atoms with E-state index in [1.807, 2.05) is 28.4 Å². The van der Waals surface area contributed by atoms with E-state index in [9.17, 15) is 0 Å². The second-order valence-electron chi connectivity index (χ2n) is 21.0. The maximum atomic E-state index is 6.67. The highest BCUT2D eigenvalue weighted by Gasteiger charge is 2.47. The van der Waals surface area contributed by atoms with Crippen LogP contribution in [-0.2, 0) is 25.7 Å². The Kier molecular flexibility index (Phi) is 16.5. The van der Waals surface area contributed by atoms with E-state index in [-0.39, 0.29) is 23.7 Å². The van der Waals surface area contributed by atoms with Crippen LogP contribution < -0.4 is 37.9 Å². The van der Waals surface area contributed by atoms with Crippen LogP contribution in [0.5, 0.6) is 46.0 Å². The lowest BCUT2D eigenvalue weighted by atomic mass is 9.60. The molecule has 0 heterocycles. The van der Waals surface area contributed by atoms with Crippen molar-refractivity contribution >= 4 is 69.6 Å². The first-order valence-electron chi connectivity index (χ1n) is 27.0. The fraction of sp³-hybridized carbons (Fsp3) is 0.294. The lowest BCUT2D eigenvalue weighted by molar-refractivity contribution is 0.380. The van der Waals surface area contributed by atoms with Gasteiger partial charge < -0.3 is 37.9 Å². The van der Waals surface area contributed by atoms with Crippen molar-refractivity contribution in [2.24, 2.45) is 0 Å². The van der Waals surface area contributed by atoms with Gasteiger partial charge in [-0.1, -0.05) is 167 Å². The van der Waals surface area contributed by atoms with Gasteiger partial charge in [-0.05, 0) is 115 Å². The fourth-order valence-electron chi connectivity index (χ4n) is 14.7. The minimum absolute atomic E-state index is 0.00699. The molecule has 424 valence electrons. The van der Waals surface area contributed by atoms with E-state index < -0.39 is 8.59 Å². The van der Waals surface area contributed by atoms with Gasteiger partial charge in [-0.3, -0.25) is 0 Å². The van der Waals surface area contributed by atoms with Crippen molar-refractivity contribution in [2.45, 2.75) is 71.8 Å². The predicted molar refractivity (Wildman–Crippen MR) is 331 cm³/mol. The largest absolute Gasteiger partial charge is 0.496 e. The molecule has 0 N–H and O–H groups in total. The maximum absolute atomic E-state index is 6.67. The number of benzene rings is 8. The second-order valence-corrected chi connectivity index (χ2v) is 25.0. The van der Waals surface area contributed by atoms with Gasteiger partial charge in [-0.15, -0.1) is 0 Å². The summed E-state index contributed by atoms with van der Waals surface area (Å²) >= 11 is 28.8. The van der Waals surface area contributed by atoms with E-state index in [1.165, 1.54) is 66.8 Å². The van der Waals surface area contributed by atoms with Crippen LogP contribution in [0.15, 0.2) is 109 Å². The average Bonchev–Trinajstić information content (AvgIpc) is 0.883. The third-order valence-corrected chi connectivity index (χ3v) is 17.3. The van der Waals surface area contributed by atoms with Crippen molar-refractivity contribution in [3.8, 4) is 46.0 Å². The number of hydrogen-bond donors (Lipinski definition) is 0. The monoisotopic (exact) mass is 1220 g/mol. The molecule has 0 spiro atoms. The van der Waals surface area contributed by atoms with Crippen LogP contribution in [0.2, 0.25) is 0 Å². The number of ether oxygens (including phenoxy) is 8. The molecule has 16 bridgehead atoms. The Bertz CT molecular complexity index is 3380. The number of hydrogen-bond acceptors (Lipinski definition) is 8. The van der Waals surface area contributed by atoms with E-state index in [2.05, 4.69) is 123 Å². The highest BCUT2D eigenvalue weighted by molar-refractivity contribution is 6.63. The summed E-state index contributed by atoms with van der Waals surface area (Å²) in [6.45, 7) is 4.20. The van der Waals surface area contributed by atoms with Crippen molar-refractivity contribution in [3.63, 3.8) is 0 Å². The molecule has 8 aromatic rings. The quantitative estimate of drug-likeness (QED) is 0.139. The molecule has 0 atom stereocenters. The molecule has 82 heavy (non-hydrogen) atoms. The molecule has 0 saturated carbocycles. The van der Waals surface area contributed by atoms with Crippen molar-refractivity contribution in [2.75, 3.05) is 56.9 Å². The van der Waals surface area contributed by atoms with Crippen molar-refractivity contribution in [3.05, 3.63) is 232 Å². The molecule has 0 fully saturated rings. The van der Waals surface area contributed by atoms with Crippen LogP contribution >= 0.6 is 69.6 Å². The molecule has 14 heteroatoms. The zero-order chi connectivity index (χ0) is 58.0. The highest BCUT2D eigenvalue weighted by Crippen LogP contribution is 2.63. The van der Waals surface area contributed by atoms with Crippen LogP contribution in [-0.4, -0.2) is 65.5 Å². The van der Waals surface area contributed by atoms with Gasteiger partial charge >= 0.3 is 0 Å². The third kappa shape index (κ3) is 9.45. The van der Waals surface area contributed by atoms with Crippen LogP contribution in [0.3, 0.4) is 0 Å². The lowest BCUT2D eigenvalue weighted by Gasteiger charge is -2.44. The van der Waals surface area contributed by atoms with E-state index in [0.29, 0.717) is 25.7 Å². The Morgan fingerprint density at radius 3 is 0.695 bits per heavy atom. The maximum Gasteiger partial charge on any atom is 0.180 e. The van der Waals surface area contributed by atoms with Gasteiger partial charge in [0.2, 0.25) is 0 Å². The van der Waals surface area contributed by atoms with Gasteiger partial charge in [0.25, 0.3) is 0 Å². The molecule has 8 nitrogen and oxygen atoms in total. The first kappa shape index (κ1) is 57.7. The summed E-state index contributed by atoms with van der Waals surface area (Å²) in [6, 6.07) is 40.8. The summed E-state index contributed by atoms with van der Waals surface area (Å²) in [6.07, 6.45) is 2.28. The SMILES string of the molecule is COc1c2cc(c(OC)c1C)Cc1ccc3c(c1OC)C1c4ccccc4C3c3ccc(c(OC)c31)Cc1cc(c(OC)c(C)c1OC)Cc1ccc3c(c1OC)C1c4ccccc4C3c3ccc(c(OC)c31)C2.ClC(Cl)Cl.ClC(Cl)Cl. The Morgan fingerprint density at radius 2 is 0.488 bits per heavy atom. The number of alkyl halides is 6. The third-order valence-electron chi connectivity index (χ3n) is 17.3. The molecule has 0 saturated heterocycles. The fourth-order valence-corrected chi connectivity index (χ4v) is 14.7. The van der Waals surface area contributed by atoms with Crippen molar-refractivity contribution in [1.29, 1.82) is 0 Å². The summed E-state index contributed by atoms with van der Waals surface area (Å²) in [7, 11) is 14.3. The van der Waals surface area contributed by atoms with Crippen LogP contribution in [0.1, 0.15) is 146 Å². The summed E-state index contributed by atoms with van der Waals surface area (Å²) < 4.78 is 50.5. The molecule has 0 radical (unpaired) electrons. The zero-order valence-electron chi connectivity index (χ0n) is 47.2. The Balaban J connectivity index is 0.000000830. The van der Waals surface area contributed by atoms with Crippen LogP contribution in [0, 0.1) is 13.8 Å². The van der Waals surface area contributed by atoms with Gasteiger partial charge in [0.05, 0.1) is 56.9 Å². The smallest absolute Gasteiger partial charge is 0.180 e. The average molecular weight is 1220 g/mol. The predicted octanol–water partition coefficient (Wildman–Crippen LogP) is 17.0. The summed E-state index contributed by atoms with van der Waals surface area (Å²) in [5.41, 5.74) is 25.4. The van der Waals surface area contributed by atoms with E-state index in [1.54, 1.807) is 28.4 Å².